The minimum atomic E-state index is 0.205. The molecular weight excluding hydrogens is 234 g/mol. The van der Waals surface area contributed by atoms with Crippen LogP contribution < -0.4 is 5.32 Å². The molecule has 0 amide bonds. The molecular formula is C9H16BrNO2. The molecule has 3 nitrogen and oxygen atoms in total. The van der Waals surface area contributed by atoms with Crippen LogP contribution in [0, 0.1) is 0 Å². The van der Waals surface area contributed by atoms with Gasteiger partial charge in [0.1, 0.15) is 5.78 Å². The Balaban J connectivity index is 2.40. The summed E-state index contributed by atoms with van der Waals surface area (Å²) in [6.45, 7) is 1.00. The average molecular weight is 250 g/mol. The van der Waals surface area contributed by atoms with E-state index in [1.54, 1.807) is 7.11 Å². The fraction of sp³-hybridized carbons (Fsp3) is 0.889. The Labute approximate surface area is 87.3 Å². The lowest BCUT2D eigenvalue weighted by Gasteiger charge is -2.30. The molecule has 2 atom stereocenters. The van der Waals surface area contributed by atoms with Crippen molar-refractivity contribution in [2.24, 2.45) is 0 Å². The van der Waals surface area contributed by atoms with Crippen LogP contribution in [0.25, 0.3) is 0 Å². The normalized spacial score (nSPS) is 28.8. The van der Waals surface area contributed by atoms with Crippen LogP contribution >= 0.6 is 15.9 Å². The van der Waals surface area contributed by atoms with Gasteiger partial charge in [0.05, 0.1) is 11.4 Å². The van der Waals surface area contributed by atoms with Crippen molar-refractivity contribution in [2.45, 2.75) is 31.4 Å². The highest BCUT2D eigenvalue weighted by molar-refractivity contribution is 9.09. The molecule has 1 fully saturated rings. The number of methoxy groups -OCH3 is 1. The maximum absolute atomic E-state index is 11.2. The Hall–Kier alpha value is 0.0700. The predicted octanol–water partition coefficient (Wildman–Crippen LogP) is 1.11. The highest BCUT2D eigenvalue weighted by Crippen LogP contribution is 2.14. The summed E-state index contributed by atoms with van der Waals surface area (Å²) in [6, 6.07) is 0.212. The molecule has 0 unspecified atom stereocenters. The molecule has 0 aromatic rings. The lowest BCUT2D eigenvalue weighted by atomic mass is 9.97. The summed E-state index contributed by atoms with van der Waals surface area (Å²) in [4.78, 5) is 11.2. The molecule has 0 radical (unpaired) electrons. The van der Waals surface area contributed by atoms with Gasteiger partial charge in [0.25, 0.3) is 0 Å². The van der Waals surface area contributed by atoms with Crippen LogP contribution in [0.3, 0.4) is 0 Å². The fourth-order valence-electron chi connectivity index (χ4n) is 1.71. The van der Waals surface area contributed by atoms with Gasteiger partial charge in [0, 0.05) is 19.6 Å². The van der Waals surface area contributed by atoms with E-state index in [1.165, 1.54) is 0 Å². The number of hydrogen-bond acceptors (Lipinski definition) is 3. The van der Waals surface area contributed by atoms with Crippen molar-refractivity contribution in [1.29, 1.82) is 0 Å². The van der Waals surface area contributed by atoms with Crippen molar-refractivity contribution in [3.63, 3.8) is 0 Å². The number of carbonyl (C=O) groups is 1. The molecule has 0 bridgehead atoms. The lowest BCUT2D eigenvalue weighted by molar-refractivity contribution is -0.118. The number of halogens is 1. The number of nitrogens with one attached hydrogen (secondary N) is 1. The van der Waals surface area contributed by atoms with Gasteiger partial charge in [-0.2, -0.15) is 0 Å². The Morgan fingerprint density at radius 2 is 2.46 bits per heavy atom. The van der Waals surface area contributed by atoms with E-state index in [0.29, 0.717) is 11.8 Å². The molecule has 1 aliphatic rings. The van der Waals surface area contributed by atoms with E-state index < -0.39 is 0 Å². The third-order valence-electron chi connectivity index (χ3n) is 2.42. The summed E-state index contributed by atoms with van der Waals surface area (Å²) >= 11 is 3.17. The molecule has 1 aliphatic heterocycles. The van der Waals surface area contributed by atoms with Crippen molar-refractivity contribution in [3.8, 4) is 0 Å². The topological polar surface area (TPSA) is 38.3 Å². The summed E-state index contributed by atoms with van der Waals surface area (Å²) in [5, 5.41) is 3.76. The summed E-state index contributed by atoms with van der Waals surface area (Å²) < 4.78 is 5.32. The molecule has 0 aliphatic carbocycles. The van der Waals surface area contributed by atoms with Gasteiger partial charge >= 0.3 is 0 Å². The van der Waals surface area contributed by atoms with E-state index in [9.17, 15) is 4.79 Å². The number of rotatable bonds is 4. The van der Waals surface area contributed by atoms with Crippen LogP contribution in [0.15, 0.2) is 0 Å². The maximum atomic E-state index is 11.2. The van der Waals surface area contributed by atoms with Crippen LogP contribution in [0.4, 0.5) is 0 Å². The number of piperidine rings is 1. The zero-order valence-corrected chi connectivity index (χ0v) is 9.47. The third kappa shape index (κ3) is 3.37. The van der Waals surface area contributed by atoms with Gasteiger partial charge in [-0.1, -0.05) is 15.9 Å². The molecule has 1 saturated heterocycles. The van der Waals surface area contributed by atoms with E-state index in [0.717, 1.165) is 19.4 Å². The monoisotopic (exact) mass is 249 g/mol. The second kappa shape index (κ2) is 5.73. The van der Waals surface area contributed by atoms with Crippen molar-refractivity contribution < 1.29 is 9.53 Å². The van der Waals surface area contributed by atoms with Crippen molar-refractivity contribution in [1.82, 2.24) is 5.32 Å². The molecule has 1 heterocycles. The van der Waals surface area contributed by atoms with Crippen LogP contribution in [-0.4, -0.2) is 36.9 Å². The number of hydrogen-bond donors (Lipinski definition) is 1. The first-order valence-corrected chi connectivity index (χ1v) is 5.74. The molecule has 4 heteroatoms. The Bertz CT molecular complexity index is 175. The van der Waals surface area contributed by atoms with Crippen LogP contribution in [-0.2, 0) is 9.53 Å². The smallest absolute Gasteiger partial charge is 0.145 e. The number of Topliss-reactive ketones (excluding diaryl/α,β-unsaturated/α-hetero) is 1. The van der Waals surface area contributed by atoms with E-state index >= 15 is 0 Å². The first-order chi connectivity index (χ1) is 6.27. The molecule has 0 saturated carbocycles. The van der Waals surface area contributed by atoms with E-state index in [4.69, 9.17) is 4.74 Å². The predicted molar refractivity (Wildman–Crippen MR) is 55.2 cm³/mol. The fourth-order valence-corrected chi connectivity index (χ4v) is 1.94. The Kier molecular flexibility index (Phi) is 4.91. The molecule has 13 heavy (non-hydrogen) atoms. The van der Waals surface area contributed by atoms with E-state index in [2.05, 4.69) is 21.2 Å². The number of ether oxygens (including phenoxy) is 1. The average Bonchev–Trinajstić information content (AvgIpc) is 2.18. The second-order valence-electron chi connectivity index (χ2n) is 3.35. The Morgan fingerprint density at radius 1 is 1.69 bits per heavy atom. The van der Waals surface area contributed by atoms with Crippen molar-refractivity contribution >= 4 is 21.7 Å². The minimum absolute atomic E-state index is 0.205. The first-order valence-electron chi connectivity index (χ1n) is 4.61. The molecule has 1 rings (SSSR count). The van der Waals surface area contributed by atoms with Gasteiger partial charge < -0.3 is 10.1 Å². The van der Waals surface area contributed by atoms with Gasteiger partial charge in [-0.25, -0.2) is 0 Å². The van der Waals surface area contributed by atoms with Gasteiger partial charge in [-0.3, -0.25) is 4.79 Å². The highest BCUT2D eigenvalue weighted by Gasteiger charge is 2.25. The third-order valence-corrected chi connectivity index (χ3v) is 3.05. The zero-order chi connectivity index (χ0) is 9.68. The molecule has 0 spiro atoms. The van der Waals surface area contributed by atoms with E-state index in [1.807, 2.05) is 0 Å². The summed E-state index contributed by atoms with van der Waals surface area (Å²) in [5.41, 5.74) is 0. The largest absolute Gasteiger partial charge is 0.380 e. The van der Waals surface area contributed by atoms with Crippen LogP contribution in [0.2, 0.25) is 0 Å². The second-order valence-corrected chi connectivity index (χ2v) is 3.91. The van der Waals surface area contributed by atoms with E-state index in [-0.39, 0.29) is 17.9 Å². The van der Waals surface area contributed by atoms with Crippen molar-refractivity contribution in [2.75, 3.05) is 19.0 Å². The van der Waals surface area contributed by atoms with Gasteiger partial charge in [0.2, 0.25) is 0 Å². The Morgan fingerprint density at radius 3 is 3.08 bits per heavy atom. The zero-order valence-electron chi connectivity index (χ0n) is 7.88. The van der Waals surface area contributed by atoms with Crippen LogP contribution in [0.5, 0.6) is 0 Å². The van der Waals surface area contributed by atoms with Crippen LogP contribution in [0.1, 0.15) is 19.3 Å². The maximum Gasteiger partial charge on any atom is 0.145 e. The van der Waals surface area contributed by atoms with Crippen molar-refractivity contribution in [3.05, 3.63) is 0 Å². The number of carbonyl (C=O) groups excluding carboxylic acids is 1. The highest BCUT2D eigenvalue weighted by atomic mass is 79.9. The SMILES string of the molecule is CO[C@@H]1CCCN[C@H]1CC(=O)CBr. The van der Waals surface area contributed by atoms with Gasteiger partial charge in [0.15, 0.2) is 0 Å². The van der Waals surface area contributed by atoms with Gasteiger partial charge in [-0.15, -0.1) is 0 Å². The molecule has 0 aromatic heterocycles. The molecule has 0 aromatic carbocycles. The molecule has 76 valence electrons. The summed E-state index contributed by atoms with van der Waals surface area (Å²) in [6.07, 6.45) is 2.97. The summed E-state index contributed by atoms with van der Waals surface area (Å²) in [5.74, 6) is 0.237. The minimum Gasteiger partial charge on any atom is -0.380 e. The summed E-state index contributed by atoms with van der Waals surface area (Å²) in [7, 11) is 1.71. The standard InChI is InChI=1S/C9H16BrNO2/c1-13-9-3-2-4-11-8(9)5-7(12)6-10/h8-9,11H,2-6H2,1H3/t8-,9+/m0/s1. The molecule has 1 N–H and O–H groups in total. The van der Waals surface area contributed by atoms with Gasteiger partial charge in [-0.05, 0) is 19.4 Å². The quantitative estimate of drug-likeness (QED) is 0.759. The number of alkyl halides is 1. The number of ketones is 1. The lowest BCUT2D eigenvalue weighted by Crippen LogP contribution is -2.46. The first kappa shape index (κ1) is 11.1.